The highest BCUT2D eigenvalue weighted by Crippen LogP contribution is 2.34. The van der Waals surface area contributed by atoms with E-state index in [0.29, 0.717) is 23.7 Å². The molecule has 6 nitrogen and oxygen atoms in total. The van der Waals surface area contributed by atoms with Crippen LogP contribution in [0.25, 0.3) is 0 Å². The molecule has 0 saturated carbocycles. The van der Waals surface area contributed by atoms with Crippen LogP contribution in [0.3, 0.4) is 0 Å². The number of benzene rings is 1. The monoisotopic (exact) mass is 347 g/mol. The van der Waals surface area contributed by atoms with Crippen molar-refractivity contribution in [1.29, 1.82) is 0 Å². The minimum atomic E-state index is -0.894. The molecule has 1 amide bonds. The Bertz CT molecular complexity index is 757. The van der Waals surface area contributed by atoms with Crippen LogP contribution in [-0.4, -0.2) is 44.8 Å². The zero-order valence-electron chi connectivity index (χ0n) is 13.2. The van der Waals surface area contributed by atoms with Crippen LogP contribution in [0.2, 0.25) is 5.02 Å². The van der Waals surface area contributed by atoms with Crippen LogP contribution in [0.5, 0.6) is 0 Å². The second-order valence-electron chi connectivity index (χ2n) is 5.90. The molecule has 0 radical (unpaired) electrons. The highest BCUT2D eigenvalue weighted by atomic mass is 35.5. The van der Waals surface area contributed by atoms with E-state index in [1.54, 1.807) is 27.9 Å². The molecule has 0 bridgehead atoms. The van der Waals surface area contributed by atoms with Crippen molar-refractivity contribution in [3.8, 4) is 0 Å². The second-order valence-corrected chi connectivity index (χ2v) is 6.33. The lowest BCUT2D eigenvalue weighted by Gasteiger charge is -2.16. The fourth-order valence-corrected chi connectivity index (χ4v) is 3.22. The summed E-state index contributed by atoms with van der Waals surface area (Å²) in [6, 6.07) is 7.13. The molecule has 24 heavy (non-hydrogen) atoms. The average Bonchev–Trinajstić information content (AvgIpc) is 3.22. The molecule has 7 heteroatoms. The van der Waals surface area contributed by atoms with Crippen molar-refractivity contribution in [2.45, 2.75) is 19.4 Å². The number of nitrogens with zero attached hydrogens (tertiary/aromatic N) is 3. The number of carbonyl (C=O) groups excluding carboxylic acids is 1. The van der Waals surface area contributed by atoms with Crippen LogP contribution in [0.15, 0.2) is 36.7 Å². The van der Waals surface area contributed by atoms with E-state index in [1.165, 1.54) is 6.20 Å². The fraction of sp³-hybridized carbons (Fsp3) is 0.353. The molecule has 126 valence electrons. The molecule has 3 rings (SSSR count). The molecule has 2 aromatic rings. The number of aliphatic carboxylic acids is 1. The van der Waals surface area contributed by atoms with E-state index >= 15 is 0 Å². The summed E-state index contributed by atoms with van der Waals surface area (Å²) in [4.78, 5) is 25.9. The molecule has 0 spiro atoms. The largest absolute Gasteiger partial charge is 0.481 e. The lowest BCUT2D eigenvalue weighted by Crippen LogP contribution is -2.29. The number of amides is 1. The highest BCUT2D eigenvalue weighted by Gasteiger charge is 2.40. The van der Waals surface area contributed by atoms with Crippen molar-refractivity contribution in [3.05, 3.63) is 52.8 Å². The van der Waals surface area contributed by atoms with Gasteiger partial charge in [0.2, 0.25) is 0 Å². The maximum absolute atomic E-state index is 12.6. The smallest absolute Gasteiger partial charge is 0.308 e. The summed E-state index contributed by atoms with van der Waals surface area (Å²) < 4.78 is 1.68. The number of aromatic nitrogens is 2. The maximum atomic E-state index is 12.6. The first-order valence-corrected chi connectivity index (χ1v) is 8.17. The van der Waals surface area contributed by atoms with Crippen LogP contribution < -0.4 is 0 Å². The van der Waals surface area contributed by atoms with Crippen LogP contribution in [-0.2, 0) is 11.3 Å². The molecule has 2 atom stereocenters. The summed E-state index contributed by atoms with van der Waals surface area (Å²) in [5, 5.41) is 14.2. The van der Waals surface area contributed by atoms with E-state index in [0.717, 1.165) is 5.56 Å². The van der Waals surface area contributed by atoms with Gasteiger partial charge >= 0.3 is 5.97 Å². The topological polar surface area (TPSA) is 75.4 Å². The Morgan fingerprint density at radius 2 is 2.00 bits per heavy atom. The number of aryl methyl sites for hydroxylation is 1. The van der Waals surface area contributed by atoms with Gasteiger partial charge in [0.1, 0.15) is 0 Å². The van der Waals surface area contributed by atoms with Gasteiger partial charge in [0.25, 0.3) is 5.91 Å². The molecule has 1 aliphatic rings. The predicted molar refractivity (Wildman–Crippen MR) is 89.1 cm³/mol. The Morgan fingerprint density at radius 3 is 2.58 bits per heavy atom. The van der Waals surface area contributed by atoms with Gasteiger partial charge < -0.3 is 10.0 Å². The van der Waals surface area contributed by atoms with Gasteiger partial charge in [0, 0.05) is 36.8 Å². The van der Waals surface area contributed by atoms with E-state index in [9.17, 15) is 14.7 Å². The zero-order valence-corrected chi connectivity index (χ0v) is 14.0. The summed E-state index contributed by atoms with van der Waals surface area (Å²) in [6.07, 6.45) is 3.21. The Kier molecular flexibility index (Phi) is 4.57. The summed E-state index contributed by atoms with van der Waals surface area (Å²) in [5.74, 6) is -1.95. The minimum absolute atomic E-state index is 0.183. The highest BCUT2D eigenvalue weighted by molar-refractivity contribution is 6.30. The maximum Gasteiger partial charge on any atom is 0.308 e. The fourth-order valence-electron chi connectivity index (χ4n) is 3.10. The van der Waals surface area contributed by atoms with E-state index in [-0.39, 0.29) is 18.4 Å². The second kappa shape index (κ2) is 6.65. The van der Waals surface area contributed by atoms with Crippen molar-refractivity contribution in [2.75, 3.05) is 13.1 Å². The number of rotatable bonds is 4. The molecule has 1 aliphatic heterocycles. The molecule has 1 N–H and O–H groups in total. The number of carbonyl (C=O) groups is 2. The zero-order chi connectivity index (χ0) is 17.3. The van der Waals surface area contributed by atoms with Gasteiger partial charge in [-0.3, -0.25) is 14.3 Å². The van der Waals surface area contributed by atoms with Gasteiger partial charge in [-0.25, -0.2) is 0 Å². The quantitative estimate of drug-likeness (QED) is 0.922. The van der Waals surface area contributed by atoms with Gasteiger partial charge in [0.15, 0.2) is 0 Å². The van der Waals surface area contributed by atoms with Gasteiger partial charge in [-0.1, -0.05) is 23.7 Å². The molecule has 2 heterocycles. The lowest BCUT2D eigenvalue weighted by molar-refractivity contribution is -0.141. The van der Waals surface area contributed by atoms with Crippen molar-refractivity contribution in [1.82, 2.24) is 14.7 Å². The van der Waals surface area contributed by atoms with Crippen LogP contribution in [0.4, 0.5) is 0 Å². The normalized spacial score (nSPS) is 20.3. The standard InChI is InChI=1S/C17H18ClN3O3/c1-2-21-8-12(7-19-21)16(22)20-9-14(15(10-20)17(23)24)11-3-5-13(18)6-4-11/h3-8,14-15H,2,9-10H2,1H3,(H,23,24)/t14-,15+/m0/s1. The summed E-state index contributed by atoms with van der Waals surface area (Å²) in [7, 11) is 0. The Morgan fingerprint density at radius 1 is 1.29 bits per heavy atom. The van der Waals surface area contributed by atoms with Gasteiger partial charge in [-0.15, -0.1) is 0 Å². The first-order valence-electron chi connectivity index (χ1n) is 7.79. The van der Waals surface area contributed by atoms with E-state index < -0.39 is 11.9 Å². The molecule has 0 aliphatic carbocycles. The summed E-state index contributed by atoms with van der Waals surface area (Å²) in [5.41, 5.74) is 1.36. The van der Waals surface area contributed by atoms with Crippen molar-refractivity contribution < 1.29 is 14.7 Å². The van der Waals surface area contributed by atoms with E-state index in [4.69, 9.17) is 11.6 Å². The SMILES string of the molecule is CCn1cc(C(=O)N2C[C@@H](C(=O)O)[C@H](c3ccc(Cl)cc3)C2)cn1. The third-order valence-electron chi connectivity index (χ3n) is 4.43. The molecular weight excluding hydrogens is 330 g/mol. The van der Waals surface area contributed by atoms with Crippen LogP contribution in [0, 0.1) is 5.92 Å². The molecular formula is C17H18ClN3O3. The number of likely N-dealkylation sites (tertiary alicyclic amines) is 1. The van der Waals surface area contributed by atoms with Crippen molar-refractivity contribution in [3.63, 3.8) is 0 Å². The Labute approximate surface area is 144 Å². The van der Waals surface area contributed by atoms with Crippen LogP contribution in [0.1, 0.15) is 28.8 Å². The minimum Gasteiger partial charge on any atom is -0.481 e. The third-order valence-corrected chi connectivity index (χ3v) is 4.68. The Balaban J connectivity index is 1.83. The number of halogens is 1. The van der Waals surface area contributed by atoms with E-state index in [1.807, 2.05) is 19.1 Å². The van der Waals surface area contributed by atoms with Gasteiger partial charge in [0.05, 0.1) is 17.7 Å². The third kappa shape index (κ3) is 3.14. The first-order chi connectivity index (χ1) is 11.5. The number of hydrogen-bond acceptors (Lipinski definition) is 3. The summed E-state index contributed by atoms with van der Waals surface area (Å²) >= 11 is 5.90. The van der Waals surface area contributed by atoms with Gasteiger partial charge in [-0.2, -0.15) is 5.10 Å². The molecule has 1 aromatic carbocycles. The number of carboxylic acid groups (broad SMARTS) is 1. The molecule has 1 saturated heterocycles. The van der Waals surface area contributed by atoms with Gasteiger partial charge in [-0.05, 0) is 24.6 Å². The molecule has 0 unspecified atom stereocenters. The first kappa shape index (κ1) is 16.5. The lowest BCUT2D eigenvalue weighted by atomic mass is 9.89. The molecule has 1 aromatic heterocycles. The Hall–Kier alpha value is -2.34. The number of carboxylic acids is 1. The van der Waals surface area contributed by atoms with Crippen LogP contribution >= 0.6 is 11.6 Å². The predicted octanol–water partition coefficient (Wildman–Crippen LogP) is 2.50. The average molecular weight is 348 g/mol. The van der Waals surface area contributed by atoms with Crippen molar-refractivity contribution in [2.24, 2.45) is 5.92 Å². The summed E-state index contributed by atoms with van der Waals surface area (Å²) in [6.45, 7) is 3.18. The van der Waals surface area contributed by atoms with E-state index in [2.05, 4.69) is 5.10 Å². The van der Waals surface area contributed by atoms with Crippen molar-refractivity contribution >= 4 is 23.5 Å². The molecule has 1 fully saturated rings. The number of hydrogen-bond donors (Lipinski definition) is 1.